The first-order chi connectivity index (χ1) is 18.6. The molecule has 2 N–H and O–H groups in total. The van der Waals surface area contributed by atoms with Gasteiger partial charge in [0.2, 0.25) is 5.91 Å². The highest BCUT2D eigenvalue weighted by Crippen LogP contribution is 2.43. The van der Waals surface area contributed by atoms with E-state index in [1.165, 1.54) is 32.1 Å². The van der Waals surface area contributed by atoms with E-state index < -0.39 is 11.0 Å². The summed E-state index contributed by atoms with van der Waals surface area (Å²) in [7, 11) is 0. The standard InChI is InChI=1S/C31H48N4O4/c1-22(17-23-7-5-4-6-8-23)28(37)34-14-11-31(39,30(2,3)20-34)21-35-19-26(25(18-27(35)36)24-9-10-24)29(38)33-15-12-32-13-16-33/h18-19,22-24,32,39H,4-17,20-21H2,1-3H3/t22-,31+/m1/s1. The lowest BCUT2D eigenvalue weighted by atomic mass is 9.69. The summed E-state index contributed by atoms with van der Waals surface area (Å²) in [4.78, 5) is 44.0. The number of aromatic nitrogens is 1. The predicted molar refractivity (Wildman–Crippen MR) is 152 cm³/mol. The van der Waals surface area contributed by atoms with Crippen molar-refractivity contribution >= 4 is 11.8 Å². The number of nitrogens with one attached hydrogen (secondary N) is 1. The minimum Gasteiger partial charge on any atom is -0.387 e. The number of amides is 2. The number of piperazine rings is 1. The van der Waals surface area contributed by atoms with Crippen LogP contribution in [0.15, 0.2) is 17.1 Å². The van der Waals surface area contributed by atoms with Gasteiger partial charge in [0.05, 0.1) is 17.7 Å². The molecule has 2 atom stereocenters. The van der Waals surface area contributed by atoms with Gasteiger partial charge >= 0.3 is 0 Å². The fourth-order valence-electron chi connectivity index (χ4n) is 7.12. The van der Waals surface area contributed by atoms with E-state index in [9.17, 15) is 19.5 Å². The number of carbonyl (C=O) groups is 2. The van der Waals surface area contributed by atoms with Gasteiger partial charge < -0.3 is 24.8 Å². The maximum atomic E-state index is 13.5. The van der Waals surface area contributed by atoms with Crippen LogP contribution >= 0.6 is 0 Å². The van der Waals surface area contributed by atoms with Crippen LogP contribution in [-0.2, 0) is 11.3 Å². The topological polar surface area (TPSA) is 94.9 Å². The zero-order chi connectivity index (χ0) is 27.8. The van der Waals surface area contributed by atoms with Crippen LogP contribution in [0.5, 0.6) is 0 Å². The zero-order valence-corrected chi connectivity index (χ0v) is 24.2. The molecular weight excluding hydrogens is 492 g/mol. The van der Waals surface area contributed by atoms with Gasteiger partial charge in [0.15, 0.2) is 0 Å². The summed E-state index contributed by atoms with van der Waals surface area (Å²) < 4.78 is 1.55. The van der Waals surface area contributed by atoms with Crippen LogP contribution in [0.25, 0.3) is 0 Å². The molecule has 4 aliphatic rings. The Labute approximate surface area is 233 Å². The first kappa shape index (κ1) is 28.3. The van der Waals surface area contributed by atoms with Gasteiger partial charge in [-0.25, -0.2) is 0 Å². The van der Waals surface area contributed by atoms with E-state index in [0.29, 0.717) is 44.1 Å². The molecule has 2 saturated heterocycles. The van der Waals surface area contributed by atoms with E-state index in [0.717, 1.165) is 37.9 Å². The first-order valence-corrected chi connectivity index (χ1v) is 15.3. The van der Waals surface area contributed by atoms with Crippen molar-refractivity contribution in [1.29, 1.82) is 0 Å². The van der Waals surface area contributed by atoms with Crippen molar-refractivity contribution in [3.63, 3.8) is 0 Å². The quantitative estimate of drug-likeness (QED) is 0.553. The van der Waals surface area contributed by atoms with Crippen molar-refractivity contribution in [2.24, 2.45) is 17.3 Å². The molecule has 39 heavy (non-hydrogen) atoms. The van der Waals surface area contributed by atoms with Gasteiger partial charge in [0.1, 0.15) is 0 Å². The number of nitrogens with zero attached hydrogens (tertiary/aromatic N) is 3. The van der Waals surface area contributed by atoms with Crippen molar-refractivity contribution < 1.29 is 14.7 Å². The monoisotopic (exact) mass is 540 g/mol. The fourth-order valence-corrected chi connectivity index (χ4v) is 7.12. The predicted octanol–water partition coefficient (Wildman–Crippen LogP) is 3.37. The summed E-state index contributed by atoms with van der Waals surface area (Å²) in [6.07, 6.45) is 11.4. The van der Waals surface area contributed by atoms with Crippen LogP contribution in [-0.4, -0.2) is 76.2 Å². The maximum absolute atomic E-state index is 13.5. The van der Waals surface area contributed by atoms with E-state index in [1.807, 2.05) is 23.6 Å². The normalized spacial score (nSPS) is 26.9. The minimum atomic E-state index is -1.17. The van der Waals surface area contributed by atoms with Crippen molar-refractivity contribution in [1.82, 2.24) is 19.7 Å². The summed E-state index contributed by atoms with van der Waals surface area (Å²) in [6.45, 7) is 9.95. The number of carbonyl (C=O) groups excluding carboxylic acids is 2. The molecule has 1 aromatic rings. The molecule has 0 spiro atoms. The second kappa shape index (κ2) is 11.4. The number of pyridine rings is 1. The Morgan fingerprint density at radius 3 is 2.38 bits per heavy atom. The van der Waals surface area contributed by atoms with Crippen molar-refractivity contribution in [2.45, 2.75) is 96.6 Å². The molecule has 5 rings (SSSR count). The van der Waals surface area contributed by atoms with Gasteiger partial charge in [-0.1, -0.05) is 52.9 Å². The number of rotatable bonds is 7. The number of aliphatic hydroxyl groups is 1. The molecule has 216 valence electrons. The molecule has 0 bridgehead atoms. The molecule has 1 aromatic heterocycles. The van der Waals surface area contributed by atoms with Crippen molar-refractivity contribution in [2.75, 3.05) is 39.3 Å². The van der Waals surface area contributed by atoms with Crippen LogP contribution in [0.1, 0.15) is 100 Å². The summed E-state index contributed by atoms with van der Waals surface area (Å²) in [5.41, 5.74) is -0.486. The Hall–Kier alpha value is -2.19. The lowest BCUT2D eigenvalue weighted by Gasteiger charge is -2.51. The smallest absolute Gasteiger partial charge is 0.255 e. The second-order valence-electron chi connectivity index (χ2n) is 13.5. The minimum absolute atomic E-state index is 0.00811. The Morgan fingerprint density at radius 1 is 1.05 bits per heavy atom. The Morgan fingerprint density at radius 2 is 1.74 bits per heavy atom. The highest BCUT2D eigenvalue weighted by Gasteiger charge is 2.49. The Balaban J connectivity index is 1.31. The first-order valence-electron chi connectivity index (χ1n) is 15.3. The number of likely N-dealkylation sites (tertiary alicyclic amines) is 1. The van der Waals surface area contributed by atoms with Gasteiger partial charge in [-0.2, -0.15) is 0 Å². The molecule has 2 amide bonds. The summed E-state index contributed by atoms with van der Waals surface area (Å²) >= 11 is 0. The van der Waals surface area contributed by atoms with Gasteiger partial charge in [-0.05, 0) is 43.1 Å². The highest BCUT2D eigenvalue weighted by molar-refractivity contribution is 5.95. The van der Waals surface area contributed by atoms with Crippen molar-refractivity contribution in [3.8, 4) is 0 Å². The molecule has 2 saturated carbocycles. The van der Waals surface area contributed by atoms with Crippen LogP contribution < -0.4 is 10.9 Å². The van der Waals surface area contributed by atoms with Crippen LogP contribution in [0.3, 0.4) is 0 Å². The summed E-state index contributed by atoms with van der Waals surface area (Å²) in [5, 5.41) is 15.2. The third-order valence-electron chi connectivity index (χ3n) is 10.0. The second-order valence-corrected chi connectivity index (χ2v) is 13.5. The van der Waals surface area contributed by atoms with Crippen LogP contribution in [0.4, 0.5) is 0 Å². The molecule has 0 unspecified atom stereocenters. The molecular formula is C31H48N4O4. The molecule has 8 nitrogen and oxygen atoms in total. The van der Waals surface area contributed by atoms with Crippen molar-refractivity contribution in [3.05, 3.63) is 33.7 Å². The fraction of sp³-hybridized carbons (Fsp3) is 0.774. The SMILES string of the molecule is C[C@H](CC1CCCCC1)C(=O)N1CC[C@](O)(Cn2cc(C(=O)N3CCNCC3)c(C3CC3)cc2=O)C(C)(C)C1. The molecule has 0 aromatic carbocycles. The zero-order valence-electron chi connectivity index (χ0n) is 24.2. The highest BCUT2D eigenvalue weighted by atomic mass is 16.3. The Bertz CT molecular complexity index is 1110. The van der Waals surface area contributed by atoms with E-state index >= 15 is 0 Å². The average Bonchev–Trinajstić information content (AvgIpc) is 3.77. The van der Waals surface area contributed by atoms with E-state index in [4.69, 9.17) is 0 Å². The summed E-state index contributed by atoms with van der Waals surface area (Å²) in [6, 6.07) is 1.63. The van der Waals surface area contributed by atoms with Gasteiger partial charge in [0, 0.05) is 62.9 Å². The maximum Gasteiger partial charge on any atom is 0.255 e. The third kappa shape index (κ3) is 6.12. The lowest BCUT2D eigenvalue weighted by Crippen LogP contribution is -2.61. The molecule has 0 radical (unpaired) electrons. The van der Waals surface area contributed by atoms with E-state index in [-0.39, 0.29) is 35.8 Å². The van der Waals surface area contributed by atoms with Crippen LogP contribution in [0, 0.1) is 17.3 Å². The average molecular weight is 541 g/mol. The van der Waals surface area contributed by atoms with Gasteiger partial charge in [-0.3, -0.25) is 14.4 Å². The van der Waals surface area contributed by atoms with Gasteiger partial charge in [-0.15, -0.1) is 0 Å². The van der Waals surface area contributed by atoms with Gasteiger partial charge in [0.25, 0.3) is 11.5 Å². The summed E-state index contributed by atoms with van der Waals surface area (Å²) in [5.74, 6) is 1.08. The van der Waals surface area contributed by atoms with E-state index in [2.05, 4.69) is 12.2 Å². The lowest BCUT2D eigenvalue weighted by molar-refractivity contribution is -0.157. The molecule has 4 fully saturated rings. The molecule has 2 aliphatic heterocycles. The van der Waals surface area contributed by atoms with E-state index in [1.54, 1.807) is 16.8 Å². The molecule has 2 aliphatic carbocycles. The number of hydrogen-bond acceptors (Lipinski definition) is 5. The number of piperidine rings is 1. The molecule has 8 heteroatoms. The third-order valence-corrected chi connectivity index (χ3v) is 10.0. The Kier molecular flexibility index (Phi) is 8.25. The largest absolute Gasteiger partial charge is 0.387 e. The number of hydrogen-bond donors (Lipinski definition) is 2. The molecule has 3 heterocycles. The van der Waals surface area contributed by atoms with Crippen LogP contribution in [0.2, 0.25) is 0 Å².